The zero-order valence-electron chi connectivity index (χ0n) is 22.3. The van der Waals surface area contributed by atoms with Crippen LogP contribution in [-0.4, -0.2) is 79.8 Å². The number of benzene rings is 1. The molecule has 0 unspecified atom stereocenters. The molecule has 1 aliphatic rings. The van der Waals surface area contributed by atoms with E-state index in [4.69, 9.17) is 4.74 Å². The fourth-order valence-electron chi connectivity index (χ4n) is 5.32. The Bertz CT molecular complexity index is 1510. The first-order valence-electron chi connectivity index (χ1n) is 12.8. The molecule has 0 radical (unpaired) electrons. The molecule has 4 aromatic rings. The number of hydrogen-bond donors (Lipinski definition) is 1. The third kappa shape index (κ3) is 5.00. The van der Waals surface area contributed by atoms with E-state index < -0.39 is 17.8 Å². The fourth-order valence-corrected chi connectivity index (χ4v) is 5.32. The van der Waals surface area contributed by atoms with Gasteiger partial charge in [0.05, 0.1) is 31.6 Å². The molecule has 2 atom stereocenters. The molecule has 5 rings (SSSR count). The number of pyridine rings is 1. The summed E-state index contributed by atoms with van der Waals surface area (Å²) in [5.74, 6) is 0.105. The summed E-state index contributed by atoms with van der Waals surface area (Å²) in [5, 5.41) is 14.0. The molecule has 1 aliphatic heterocycles. The summed E-state index contributed by atoms with van der Waals surface area (Å²) in [6.45, 7) is 4.35. The number of amides is 1. The zero-order chi connectivity index (χ0) is 28.6. The van der Waals surface area contributed by atoms with Crippen LogP contribution in [0.25, 0.3) is 16.9 Å². The number of aromatic nitrogens is 4. The number of ether oxygens (including phenoxy) is 1. The molecule has 210 valence electrons. The van der Waals surface area contributed by atoms with Gasteiger partial charge in [-0.3, -0.25) is 14.7 Å². The number of rotatable bonds is 6. The van der Waals surface area contributed by atoms with Gasteiger partial charge in [-0.15, -0.1) is 0 Å². The fraction of sp³-hybridized carbons (Fsp3) is 0.357. The van der Waals surface area contributed by atoms with E-state index >= 15 is 0 Å². The Kier molecular flexibility index (Phi) is 7.47. The minimum absolute atomic E-state index is 0.00784. The van der Waals surface area contributed by atoms with Crippen LogP contribution in [-0.2, 0) is 6.18 Å². The quantitative estimate of drug-likeness (QED) is 0.385. The molecule has 1 N–H and O–H groups in total. The van der Waals surface area contributed by atoms with Crippen molar-refractivity contribution in [3.63, 3.8) is 0 Å². The topological polar surface area (TPSA) is 96.1 Å². The van der Waals surface area contributed by atoms with Gasteiger partial charge in [-0.05, 0) is 49.7 Å². The highest BCUT2D eigenvalue weighted by molar-refractivity contribution is 6.00. The van der Waals surface area contributed by atoms with E-state index in [1.807, 2.05) is 13.0 Å². The summed E-state index contributed by atoms with van der Waals surface area (Å²) in [4.78, 5) is 26.1. The van der Waals surface area contributed by atoms with Gasteiger partial charge >= 0.3 is 6.18 Å². The van der Waals surface area contributed by atoms with Crippen LogP contribution in [0, 0.1) is 6.92 Å². The molecule has 4 heterocycles. The monoisotopic (exact) mass is 554 g/mol. The maximum Gasteiger partial charge on any atom is 0.433 e. The van der Waals surface area contributed by atoms with Crippen LogP contribution in [0.1, 0.15) is 40.1 Å². The van der Waals surface area contributed by atoms with Crippen LogP contribution in [0.5, 0.6) is 5.75 Å². The third-order valence-electron chi connectivity index (χ3n) is 7.35. The van der Waals surface area contributed by atoms with Gasteiger partial charge in [0.25, 0.3) is 5.91 Å². The highest BCUT2D eigenvalue weighted by atomic mass is 19.4. The van der Waals surface area contributed by atoms with Crippen LogP contribution in [0.15, 0.2) is 55.0 Å². The Morgan fingerprint density at radius 2 is 1.93 bits per heavy atom. The summed E-state index contributed by atoms with van der Waals surface area (Å²) < 4.78 is 48.7. The SMILES string of the molecule is COc1ccc(-c2nc3c(C(=O)N4CCN([C@H](CO)c5cccnc5)C[C@H]4C)cnn3c(C(F)(F)F)c2C)cc1. The Labute approximate surface area is 228 Å². The average Bonchev–Trinajstić information content (AvgIpc) is 3.36. The summed E-state index contributed by atoms with van der Waals surface area (Å²) in [5.41, 5.74) is 0.182. The van der Waals surface area contributed by atoms with E-state index in [9.17, 15) is 23.1 Å². The molecular weight excluding hydrogens is 525 g/mol. The molecule has 0 spiro atoms. The molecule has 1 fully saturated rings. The van der Waals surface area contributed by atoms with E-state index in [0.29, 0.717) is 35.5 Å². The molecule has 0 aliphatic carbocycles. The van der Waals surface area contributed by atoms with E-state index in [2.05, 4.69) is 20.0 Å². The van der Waals surface area contributed by atoms with Gasteiger partial charge in [0.15, 0.2) is 11.3 Å². The van der Waals surface area contributed by atoms with Crippen molar-refractivity contribution in [1.29, 1.82) is 0 Å². The number of nitrogens with zero attached hydrogens (tertiary/aromatic N) is 6. The van der Waals surface area contributed by atoms with Crippen molar-refractivity contribution in [3.8, 4) is 17.0 Å². The van der Waals surface area contributed by atoms with Crippen LogP contribution < -0.4 is 4.74 Å². The zero-order valence-corrected chi connectivity index (χ0v) is 22.3. The minimum Gasteiger partial charge on any atom is -0.497 e. The van der Waals surface area contributed by atoms with Crippen molar-refractivity contribution in [3.05, 3.63) is 77.4 Å². The number of halogens is 3. The molecule has 12 heteroatoms. The first kappa shape index (κ1) is 27.5. The smallest absolute Gasteiger partial charge is 0.433 e. The van der Waals surface area contributed by atoms with Crippen LogP contribution in [0.3, 0.4) is 0 Å². The third-order valence-corrected chi connectivity index (χ3v) is 7.35. The largest absolute Gasteiger partial charge is 0.497 e. The van der Waals surface area contributed by atoms with Crippen molar-refractivity contribution in [2.24, 2.45) is 0 Å². The Morgan fingerprint density at radius 1 is 1.18 bits per heavy atom. The number of carbonyl (C=O) groups is 1. The number of aliphatic hydroxyl groups is 1. The maximum absolute atomic E-state index is 14.3. The molecule has 0 saturated carbocycles. The molecular formula is C28H29F3N6O3. The molecule has 1 saturated heterocycles. The van der Waals surface area contributed by atoms with Gasteiger partial charge < -0.3 is 14.7 Å². The highest BCUT2D eigenvalue weighted by Gasteiger charge is 2.39. The second kappa shape index (κ2) is 10.9. The van der Waals surface area contributed by atoms with Gasteiger partial charge in [-0.2, -0.15) is 18.3 Å². The van der Waals surface area contributed by atoms with Crippen molar-refractivity contribution in [1.82, 2.24) is 29.4 Å². The highest BCUT2D eigenvalue weighted by Crippen LogP contribution is 2.37. The molecule has 1 amide bonds. The predicted molar refractivity (Wildman–Crippen MR) is 141 cm³/mol. The van der Waals surface area contributed by atoms with Crippen molar-refractivity contribution >= 4 is 11.6 Å². The van der Waals surface area contributed by atoms with E-state index in [1.165, 1.54) is 14.0 Å². The van der Waals surface area contributed by atoms with Crippen molar-refractivity contribution in [2.75, 3.05) is 33.4 Å². The van der Waals surface area contributed by atoms with E-state index in [0.717, 1.165) is 11.8 Å². The summed E-state index contributed by atoms with van der Waals surface area (Å²) in [6, 6.07) is 9.67. The Hall–Kier alpha value is -4.03. The summed E-state index contributed by atoms with van der Waals surface area (Å²) >= 11 is 0. The van der Waals surface area contributed by atoms with Crippen molar-refractivity contribution < 1.29 is 27.8 Å². The number of fused-ring (bicyclic) bond motifs is 1. The molecule has 1 aromatic carbocycles. The second-order valence-electron chi connectivity index (χ2n) is 9.78. The molecule has 40 heavy (non-hydrogen) atoms. The van der Waals surface area contributed by atoms with E-state index in [-0.39, 0.29) is 41.2 Å². The molecule has 3 aromatic heterocycles. The van der Waals surface area contributed by atoms with Gasteiger partial charge in [-0.25, -0.2) is 9.50 Å². The molecule has 0 bridgehead atoms. The Balaban J connectivity index is 1.49. The standard InChI is InChI=1S/C28H29F3N6O3/c1-17-15-35(23(16-38)20-5-4-10-32-13-20)11-12-36(17)27(39)22-14-33-37-25(28(29,30)31)18(2)24(34-26(22)37)19-6-8-21(40-3)9-7-19/h4-10,13-14,17,23,38H,11-12,15-16H2,1-3H3/t17-,23-/m1/s1. The summed E-state index contributed by atoms with van der Waals surface area (Å²) in [7, 11) is 1.50. The lowest BCUT2D eigenvalue weighted by Gasteiger charge is -2.42. The lowest BCUT2D eigenvalue weighted by atomic mass is 10.0. The molecule has 9 nitrogen and oxygen atoms in total. The number of hydrogen-bond acceptors (Lipinski definition) is 7. The lowest BCUT2D eigenvalue weighted by molar-refractivity contribution is -0.143. The van der Waals surface area contributed by atoms with Crippen molar-refractivity contribution in [2.45, 2.75) is 32.1 Å². The van der Waals surface area contributed by atoms with Gasteiger partial charge in [0.1, 0.15) is 11.3 Å². The first-order chi connectivity index (χ1) is 19.1. The van der Waals surface area contributed by atoms with Gasteiger partial charge in [0.2, 0.25) is 0 Å². The van der Waals surface area contributed by atoms with Crippen LogP contribution in [0.4, 0.5) is 13.2 Å². The van der Waals surface area contributed by atoms with Gasteiger partial charge in [-0.1, -0.05) is 6.07 Å². The maximum atomic E-state index is 14.3. The minimum atomic E-state index is -4.73. The second-order valence-corrected chi connectivity index (χ2v) is 9.78. The Morgan fingerprint density at radius 3 is 2.52 bits per heavy atom. The number of piperazine rings is 1. The van der Waals surface area contributed by atoms with E-state index in [1.54, 1.807) is 47.6 Å². The summed E-state index contributed by atoms with van der Waals surface area (Å²) in [6.07, 6.45) is -0.215. The predicted octanol–water partition coefficient (Wildman–Crippen LogP) is 4.01. The number of methoxy groups -OCH3 is 1. The lowest BCUT2D eigenvalue weighted by Crippen LogP contribution is -2.55. The number of alkyl halides is 3. The normalized spacial score (nSPS) is 17.3. The first-order valence-corrected chi connectivity index (χ1v) is 12.8. The number of aliphatic hydroxyl groups excluding tert-OH is 1. The van der Waals surface area contributed by atoms with Crippen LogP contribution in [0.2, 0.25) is 0 Å². The van der Waals surface area contributed by atoms with Crippen LogP contribution >= 0.6 is 0 Å². The number of carbonyl (C=O) groups excluding carboxylic acids is 1. The van der Waals surface area contributed by atoms with Gasteiger partial charge in [0, 0.05) is 49.2 Å². The average molecular weight is 555 g/mol.